The first kappa shape index (κ1) is 34.8. The zero-order valence-electron chi connectivity index (χ0n) is 29.2. The average molecular weight is 686 g/mol. The fourth-order valence-electron chi connectivity index (χ4n) is 4.77. The van der Waals surface area contributed by atoms with Crippen LogP contribution in [0.25, 0.3) is 11.0 Å². The summed E-state index contributed by atoms with van der Waals surface area (Å²) in [5, 5.41) is 8.28. The summed E-state index contributed by atoms with van der Waals surface area (Å²) < 4.78 is 111. The van der Waals surface area contributed by atoms with Gasteiger partial charge in [-0.2, -0.15) is 13.2 Å². The zero-order valence-corrected chi connectivity index (χ0v) is 29.0. The van der Waals surface area contributed by atoms with Gasteiger partial charge < -0.3 is 25.1 Å². The Morgan fingerprint density at radius 2 is 1.82 bits per heavy atom. The van der Waals surface area contributed by atoms with Crippen molar-refractivity contribution in [2.45, 2.75) is 114 Å². The predicted molar refractivity (Wildman–Crippen MR) is 171 cm³/mol. The molecule has 8 nitrogen and oxygen atoms in total. The minimum atomic E-state index is -4.66. The first-order chi connectivity index (χ1) is 21.3. The quantitative estimate of drug-likeness (QED) is 0.0976. The fourth-order valence-corrected chi connectivity index (χ4v) is 5.89. The van der Waals surface area contributed by atoms with E-state index in [4.69, 9.17) is 28.1 Å². The van der Waals surface area contributed by atoms with Gasteiger partial charge in [-0.05, 0) is 76.6 Å². The highest BCUT2D eigenvalue weighted by atomic mass is 32.2. The van der Waals surface area contributed by atoms with Gasteiger partial charge in [-0.1, -0.05) is 25.7 Å². The second-order valence-electron chi connectivity index (χ2n) is 14.3. The molecule has 258 valence electrons. The smallest absolute Gasteiger partial charge is 0.365 e. The summed E-state index contributed by atoms with van der Waals surface area (Å²) in [6.07, 6.45) is -3.17. The summed E-state index contributed by atoms with van der Waals surface area (Å²) in [5.74, 6) is -4.37. The van der Waals surface area contributed by atoms with Crippen molar-refractivity contribution in [1.82, 2.24) is 14.9 Å². The molecule has 0 radical (unpaired) electrons. The third kappa shape index (κ3) is 10.5. The van der Waals surface area contributed by atoms with Gasteiger partial charge in [0, 0.05) is 29.4 Å². The van der Waals surface area contributed by atoms with Crippen molar-refractivity contribution in [2.24, 2.45) is 16.8 Å². The van der Waals surface area contributed by atoms with E-state index >= 15 is 0 Å². The van der Waals surface area contributed by atoms with Gasteiger partial charge in [0.1, 0.15) is 12.6 Å². The van der Waals surface area contributed by atoms with Crippen molar-refractivity contribution >= 4 is 30.1 Å². The van der Waals surface area contributed by atoms with Crippen LogP contribution in [0.15, 0.2) is 18.2 Å². The number of nitrogens with two attached hydrogens (primary N) is 2. The third-order valence-corrected chi connectivity index (χ3v) is 11.1. The predicted octanol–water partition coefficient (Wildman–Crippen LogP) is 6.22. The van der Waals surface area contributed by atoms with Crippen molar-refractivity contribution < 1.29 is 38.4 Å². The number of nitrogens with one attached hydrogen (secondary N) is 1. The summed E-state index contributed by atoms with van der Waals surface area (Å²) in [5.41, 5.74) is 4.22. The van der Waals surface area contributed by atoms with Gasteiger partial charge in [0.05, 0.1) is 46.4 Å². The SMILES string of the molecule is [2H]C([2H])(N[C@@H](c1ccc2c(c1)nc([C@H](COC(C)(C)C(F)(F)F)CC(C)(C)S(N)=O)n2COCC[Si](C)(C)C)C1CC1)C(F)(F)CN. The van der Waals surface area contributed by atoms with Crippen LogP contribution in [0.1, 0.15) is 73.0 Å². The molecular weight excluding hydrogens is 634 g/mol. The number of halogens is 5. The lowest BCUT2D eigenvalue weighted by molar-refractivity contribution is -0.265. The molecule has 1 aromatic carbocycles. The van der Waals surface area contributed by atoms with Crippen molar-refractivity contribution in [3.05, 3.63) is 29.6 Å². The maximum absolute atomic E-state index is 14.4. The highest BCUT2D eigenvalue weighted by Crippen LogP contribution is 2.42. The van der Waals surface area contributed by atoms with Crippen LogP contribution in [0.4, 0.5) is 22.0 Å². The molecule has 3 rings (SSSR count). The standard InChI is InChI=1S/C30H50F5N5O3SSi/c1-27(2,44(37)41)15-22(16-43-28(3,4)30(33,34)35)26-39-23-14-21(25(20-8-9-20)38-18-29(31,32)17-36)10-11-24(23)40(26)19-42-12-13-45(5,6)7/h10-11,14,20,22,25,38H,8-9,12-13,15-19,36-37H2,1-7H3/t22-,25+,44?/m0/s1/i18D2. The lowest BCUT2D eigenvalue weighted by Crippen LogP contribution is -2.43. The van der Waals surface area contributed by atoms with E-state index in [-0.39, 0.29) is 19.1 Å². The van der Waals surface area contributed by atoms with Crippen molar-refractivity contribution in [3.63, 3.8) is 0 Å². The third-order valence-electron chi connectivity index (χ3n) is 8.11. The highest BCUT2D eigenvalue weighted by molar-refractivity contribution is 7.84. The van der Waals surface area contributed by atoms with E-state index in [9.17, 15) is 26.2 Å². The molecule has 1 aliphatic carbocycles. The van der Waals surface area contributed by atoms with E-state index in [2.05, 4.69) is 25.0 Å². The van der Waals surface area contributed by atoms with Crippen LogP contribution in [0.5, 0.6) is 0 Å². The summed E-state index contributed by atoms with van der Waals surface area (Å²) in [4.78, 5) is 4.83. The highest BCUT2D eigenvalue weighted by Gasteiger charge is 2.49. The number of hydrogen-bond acceptors (Lipinski definition) is 6. The molecule has 0 aliphatic heterocycles. The lowest BCUT2D eigenvalue weighted by atomic mass is 9.95. The molecule has 1 aliphatic rings. The van der Waals surface area contributed by atoms with Crippen LogP contribution in [0.2, 0.25) is 25.7 Å². The van der Waals surface area contributed by atoms with Crippen molar-refractivity contribution in [2.75, 3.05) is 26.3 Å². The minimum absolute atomic E-state index is 0.0243. The Kier molecular flexibility index (Phi) is 11.1. The molecule has 45 heavy (non-hydrogen) atoms. The molecular formula is C30H50F5N5O3SSi. The van der Waals surface area contributed by atoms with Crippen LogP contribution in [-0.4, -0.2) is 70.5 Å². The van der Waals surface area contributed by atoms with E-state index in [1.54, 1.807) is 36.6 Å². The number of aromatic nitrogens is 2. The Morgan fingerprint density at radius 1 is 1.18 bits per heavy atom. The van der Waals surface area contributed by atoms with Crippen molar-refractivity contribution in [3.8, 4) is 0 Å². The summed E-state index contributed by atoms with van der Waals surface area (Å²) in [6.45, 7) is 7.58. The number of ether oxygens (including phenoxy) is 2. The Bertz CT molecular complexity index is 1400. The van der Waals surface area contributed by atoms with E-state index in [0.717, 1.165) is 19.9 Å². The molecule has 5 N–H and O–H groups in total. The molecule has 1 saturated carbocycles. The number of imidazole rings is 1. The summed E-state index contributed by atoms with van der Waals surface area (Å²) in [6, 6.07) is 5.21. The zero-order chi connectivity index (χ0) is 35.8. The number of fused-ring (bicyclic) bond motifs is 1. The monoisotopic (exact) mass is 685 g/mol. The van der Waals surface area contributed by atoms with E-state index in [1.807, 2.05) is 0 Å². The topological polar surface area (TPSA) is 117 Å². The first-order valence-corrected chi connectivity index (χ1v) is 20.0. The van der Waals surface area contributed by atoms with Crippen LogP contribution >= 0.6 is 0 Å². The summed E-state index contributed by atoms with van der Waals surface area (Å²) >= 11 is 0. The van der Waals surface area contributed by atoms with E-state index < -0.39 is 73.1 Å². The maximum Gasteiger partial charge on any atom is 0.416 e. The second-order valence-corrected chi connectivity index (χ2v) is 21.6. The number of nitrogens with zero attached hydrogens (tertiary/aromatic N) is 2. The molecule has 1 fully saturated rings. The first-order valence-electron chi connectivity index (χ1n) is 16.1. The van der Waals surface area contributed by atoms with Crippen LogP contribution in [0.3, 0.4) is 0 Å². The Balaban J connectivity index is 2.12. The van der Waals surface area contributed by atoms with Gasteiger partial charge in [-0.3, -0.25) is 5.14 Å². The number of benzene rings is 1. The molecule has 0 spiro atoms. The minimum Gasteiger partial charge on any atom is -0.365 e. The number of rotatable bonds is 18. The molecule has 0 saturated heterocycles. The molecule has 1 unspecified atom stereocenters. The van der Waals surface area contributed by atoms with Crippen molar-refractivity contribution in [1.29, 1.82) is 0 Å². The Labute approximate surface area is 269 Å². The molecule has 3 atom stereocenters. The van der Waals surface area contributed by atoms with Gasteiger partial charge in [0.25, 0.3) is 5.92 Å². The van der Waals surface area contributed by atoms with Crippen LogP contribution in [0, 0.1) is 5.92 Å². The van der Waals surface area contributed by atoms with Gasteiger partial charge >= 0.3 is 6.18 Å². The second kappa shape index (κ2) is 14.3. The van der Waals surface area contributed by atoms with Gasteiger partial charge in [-0.15, -0.1) is 0 Å². The van der Waals surface area contributed by atoms with Gasteiger partial charge in [0.2, 0.25) is 0 Å². The van der Waals surface area contributed by atoms with Crippen LogP contribution < -0.4 is 16.2 Å². The number of hydrogen-bond donors (Lipinski definition) is 3. The van der Waals surface area contributed by atoms with Crippen LogP contribution in [-0.2, 0) is 27.2 Å². The van der Waals surface area contributed by atoms with E-state index in [1.165, 1.54) is 0 Å². The molecule has 15 heteroatoms. The molecule has 1 heterocycles. The maximum atomic E-state index is 14.4. The largest absolute Gasteiger partial charge is 0.416 e. The summed E-state index contributed by atoms with van der Waals surface area (Å²) in [7, 11) is -3.28. The molecule has 0 amide bonds. The Hall–Kier alpha value is -1.49. The fraction of sp³-hybridized carbons (Fsp3) is 0.767. The average Bonchev–Trinajstić information content (AvgIpc) is 3.71. The lowest BCUT2D eigenvalue weighted by Gasteiger charge is -2.32. The van der Waals surface area contributed by atoms with E-state index in [0.29, 0.717) is 41.9 Å². The molecule has 1 aromatic heterocycles. The molecule has 0 bridgehead atoms. The normalized spacial score (nSPS) is 18.5. The number of alkyl halides is 5. The Morgan fingerprint density at radius 3 is 2.36 bits per heavy atom. The molecule has 2 aromatic rings. The van der Waals surface area contributed by atoms with Gasteiger partial charge in [-0.25, -0.2) is 18.0 Å². The van der Waals surface area contributed by atoms with Gasteiger partial charge in [0.15, 0.2) is 5.60 Å².